The van der Waals surface area contributed by atoms with Gasteiger partial charge in [0.1, 0.15) is 17.1 Å². The zero-order valence-corrected chi connectivity index (χ0v) is 17.7. The van der Waals surface area contributed by atoms with Crippen LogP contribution in [0, 0.1) is 6.92 Å². The summed E-state index contributed by atoms with van der Waals surface area (Å²) >= 11 is 0. The van der Waals surface area contributed by atoms with E-state index in [1.54, 1.807) is 6.20 Å². The van der Waals surface area contributed by atoms with Crippen molar-refractivity contribution in [1.82, 2.24) is 14.9 Å². The monoisotopic (exact) mass is 406 g/mol. The number of H-pyrrole nitrogens is 1. The second-order valence-corrected chi connectivity index (χ2v) is 8.30. The first-order valence-corrected chi connectivity index (χ1v) is 10.7. The van der Waals surface area contributed by atoms with Crippen molar-refractivity contribution < 1.29 is 9.53 Å². The molecule has 0 saturated heterocycles. The number of ether oxygens (including phenoxy) is 1. The number of likely N-dealkylation sites (N-methyl/N-ethyl adjacent to an activating group) is 1. The summed E-state index contributed by atoms with van der Waals surface area (Å²) in [5.74, 6) is 1.54. The van der Waals surface area contributed by atoms with E-state index in [0.29, 0.717) is 12.5 Å². The molecule has 2 heterocycles. The summed E-state index contributed by atoms with van der Waals surface area (Å²) in [5.41, 5.74) is 9.19. The fourth-order valence-electron chi connectivity index (χ4n) is 4.34. The molecule has 6 heteroatoms. The number of aromatic amines is 1. The summed E-state index contributed by atoms with van der Waals surface area (Å²) in [5, 5.41) is 0.986. The molecule has 1 aromatic carbocycles. The Labute approximate surface area is 177 Å². The normalized spacial score (nSPS) is 15.8. The third-order valence-corrected chi connectivity index (χ3v) is 6.13. The van der Waals surface area contributed by atoms with Crippen molar-refractivity contribution >= 4 is 16.9 Å². The number of hydrogen-bond acceptors (Lipinski definition) is 4. The van der Waals surface area contributed by atoms with Crippen molar-refractivity contribution in [1.29, 1.82) is 0 Å². The highest BCUT2D eigenvalue weighted by Crippen LogP contribution is 2.31. The Morgan fingerprint density at radius 2 is 1.97 bits per heavy atom. The van der Waals surface area contributed by atoms with Crippen LogP contribution in [0.4, 0.5) is 0 Å². The van der Waals surface area contributed by atoms with Gasteiger partial charge in [-0.1, -0.05) is 31.4 Å². The van der Waals surface area contributed by atoms with Crippen LogP contribution in [0.15, 0.2) is 42.7 Å². The van der Waals surface area contributed by atoms with Gasteiger partial charge in [-0.15, -0.1) is 0 Å². The van der Waals surface area contributed by atoms with E-state index in [0.717, 1.165) is 46.5 Å². The highest BCUT2D eigenvalue weighted by molar-refractivity contribution is 5.86. The minimum atomic E-state index is -0.522. The number of pyridine rings is 1. The number of fused-ring (bicyclic) bond motifs is 1. The molecule has 1 atom stereocenters. The van der Waals surface area contributed by atoms with E-state index in [4.69, 9.17) is 10.5 Å². The van der Waals surface area contributed by atoms with Crippen molar-refractivity contribution in [2.24, 2.45) is 5.73 Å². The molecule has 0 radical (unpaired) electrons. The maximum atomic E-state index is 12.8. The molecule has 1 aliphatic rings. The number of benzene rings is 1. The van der Waals surface area contributed by atoms with E-state index < -0.39 is 6.04 Å². The minimum absolute atomic E-state index is 0.0318. The number of nitrogens with two attached hydrogens (primary N) is 1. The van der Waals surface area contributed by atoms with Gasteiger partial charge in [0, 0.05) is 25.5 Å². The van der Waals surface area contributed by atoms with Crippen LogP contribution in [-0.4, -0.2) is 39.9 Å². The van der Waals surface area contributed by atoms with Gasteiger partial charge in [0.15, 0.2) is 0 Å². The van der Waals surface area contributed by atoms with E-state index >= 15 is 0 Å². The van der Waals surface area contributed by atoms with Crippen LogP contribution in [0.1, 0.15) is 43.2 Å². The minimum Gasteiger partial charge on any atom is -0.457 e. The number of rotatable bonds is 6. The molecule has 2 aromatic heterocycles. The molecule has 0 bridgehead atoms. The van der Waals surface area contributed by atoms with Crippen LogP contribution < -0.4 is 10.5 Å². The summed E-state index contributed by atoms with van der Waals surface area (Å²) < 4.78 is 6.09. The predicted molar refractivity (Wildman–Crippen MR) is 119 cm³/mol. The quantitative estimate of drug-likeness (QED) is 0.638. The van der Waals surface area contributed by atoms with Gasteiger partial charge in [0.25, 0.3) is 0 Å². The molecule has 0 unspecified atom stereocenters. The Kier molecular flexibility index (Phi) is 6.04. The maximum absolute atomic E-state index is 12.8. The number of hydrogen-bond donors (Lipinski definition) is 2. The van der Waals surface area contributed by atoms with Gasteiger partial charge in [0.05, 0.1) is 11.4 Å². The highest BCUT2D eigenvalue weighted by Gasteiger charge is 2.26. The number of aryl methyl sites for hydroxylation is 1. The second-order valence-electron chi connectivity index (χ2n) is 8.30. The molecule has 30 heavy (non-hydrogen) atoms. The Morgan fingerprint density at radius 3 is 2.70 bits per heavy atom. The van der Waals surface area contributed by atoms with Crippen molar-refractivity contribution in [3.63, 3.8) is 0 Å². The number of carbonyl (C=O) groups excluding carboxylic acids is 1. The molecular formula is C24H30N4O2. The Bertz CT molecular complexity index is 1010. The van der Waals surface area contributed by atoms with Crippen LogP contribution >= 0.6 is 0 Å². The molecule has 0 aliphatic heterocycles. The van der Waals surface area contributed by atoms with E-state index in [1.807, 2.05) is 55.4 Å². The number of nitrogens with one attached hydrogen (secondary N) is 1. The lowest BCUT2D eigenvalue weighted by Gasteiger charge is -2.33. The number of carbonyl (C=O) groups is 1. The molecular weight excluding hydrogens is 376 g/mol. The van der Waals surface area contributed by atoms with E-state index in [9.17, 15) is 4.79 Å². The third kappa shape index (κ3) is 4.33. The Hall–Kier alpha value is -2.86. The number of aromatic nitrogens is 2. The molecule has 3 N–H and O–H groups in total. The molecule has 1 aliphatic carbocycles. The Morgan fingerprint density at radius 1 is 1.23 bits per heavy atom. The first-order valence-electron chi connectivity index (χ1n) is 10.7. The first kappa shape index (κ1) is 20.4. The number of nitrogens with zero attached hydrogens (tertiary/aromatic N) is 2. The van der Waals surface area contributed by atoms with Gasteiger partial charge in [-0.2, -0.15) is 0 Å². The first-order chi connectivity index (χ1) is 14.5. The summed E-state index contributed by atoms with van der Waals surface area (Å²) in [6.07, 6.45) is 10.0. The van der Waals surface area contributed by atoms with Gasteiger partial charge in [-0.05, 0) is 55.5 Å². The maximum Gasteiger partial charge on any atom is 0.239 e. The predicted octanol–water partition coefficient (Wildman–Crippen LogP) is 4.32. The lowest BCUT2D eigenvalue weighted by molar-refractivity contribution is -0.133. The molecule has 0 spiro atoms. The highest BCUT2D eigenvalue weighted by atomic mass is 16.5. The van der Waals surface area contributed by atoms with E-state index in [1.165, 1.54) is 19.3 Å². The van der Waals surface area contributed by atoms with Crippen LogP contribution in [-0.2, 0) is 11.2 Å². The summed E-state index contributed by atoms with van der Waals surface area (Å²) in [6, 6.07) is 9.48. The molecule has 4 rings (SSSR count). The molecule has 1 fully saturated rings. The largest absolute Gasteiger partial charge is 0.457 e. The number of amides is 1. The van der Waals surface area contributed by atoms with Gasteiger partial charge >= 0.3 is 0 Å². The van der Waals surface area contributed by atoms with Crippen molar-refractivity contribution in [2.45, 2.75) is 57.5 Å². The van der Waals surface area contributed by atoms with Crippen LogP contribution in [0.2, 0.25) is 0 Å². The molecule has 6 nitrogen and oxygen atoms in total. The third-order valence-electron chi connectivity index (χ3n) is 6.13. The van der Waals surface area contributed by atoms with Crippen molar-refractivity contribution in [2.75, 3.05) is 7.05 Å². The fourth-order valence-corrected chi connectivity index (χ4v) is 4.34. The Balaban J connectivity index is 1.39. The lowest BCUT2D eigenvalue weighted by Crippen LogP contribution is -2.48. The zero-order chi connectivity index (χ0) is 21.1. The smallest absolute Gasteiger partial charge is 0.239 e. The summed E-state index contributed by atoms with van der Waals surface area (Å²) in [6.45, 7) is 2.03. The molecule has 1 amide bonds. The van der Waals surface area contributed by atoms with E-state index in [-0.39, 0.29) is 5.91 Å². The molecule has 3 aromatic rings. The fraction of sp³-hybridized carbons (Fsp3) is 0.417. The molecule has 1 saturated carbocycles. The average Bonchev–Trinajstić information content (AvgIpc) is 3.16. The van der Waals surface area contributed by atoms with Gasteiger partial charge < -0.3 is 20.4 Å². The standard InChI is InChI=1S/C24H30N4O2/c1-16-15-27-23-22(16)21(12-13-26-23)30-19-10-8-17(9-11-19)14-20(25)24(29)28(2)18-6-4-3-5-7-18/h8-13,15,18,20H,3-7,14,25H2,1-2H3,(H,26,27)/t20-/m0/s1. The lowest BCUT2D eigenvalue weighted by atomic mass is 9.94. The van der Waals surface area contributed by atoms with Crippen molar-refractivity contribution in [3.8, 4) is 11.5 Å². The zero-order valence-electron chi connectivity index (χ0n) is 17.7. The van der Waals surface area contributed by atoms with Gasteiger partial charge in [-0.25, -0.2) is 4.98 Å². The van der Waals surface area contributed by atoms with Gasteiger partial charge in [0.2, 0.25) is 5.91 Å². The SMILES string of the molecule is Cc1c[nH]c2nccc(Oc3ccc(C[C@H](N)C(=O)N(C)C4CCCCC4)cc3)c12. The van der Waals surface area contributed by atoms with Crippen LogP contribution in [0.5, 0.6) is 11.5 Å². The average molecular weight is 407 g/mol. The van der Waals surface area contributed by atoms with Crippen LogP contribution in [0.3, 0.4) is 0 Å². The van der Waals surface area contributed by atoms with E-state index in [2.05, 4.69) is 9.97 Å². The topological polar surface area (TPSA) is 84.2 Å². The second kappa shape index (κ2) is 8.88. The van der Waals surface area contributed by atoms with Gasteiger partial charge in [-0.3, -0.25) is 4.79 Å². The molecule has 158 valence electrons. The summed E-state index contributed by atoms with van der Waals surface area (Å²) in [7, 11) is 1.90. The van der Waals surface area contributed by atoms with Crippen LogP contribution in [0.25, 0.3) is 11.0 Å². The summed E-state index contributed by atoms with van der Waals surface area (Å²) in [4.78, 5) is 22.1. The van der Waals surface area contributed by atoms with Crippen molar-refractivity contribution in [3.05, 3.63) is 53.9 Å².